The van der Waals surface area contributed by atoms with E-state index in [2.05, 4.69) is 30.6 Å². The second kappa shape index (κ2) is 6.19. The van der Waals surface area contributed by atoms with Gasteiger partial charge in [-0.3, -0.25) is 9.80 Å². The van der Waals surface area contributed by atoms with Crippen LogP contribution in [0.2, 0.25) is 0 Å². The van der Waals surface area contributed by atoms with Crippen LogP contribution < -0.4 is 0 Å². The minimum Gasteiger partial charge on any atom is -0.298 e. The van der Waals surface area contributed by atoms with Crippen molar-refractivity contribution in [3.8, 4) is 0 Å². The van der Waals surface area contributed by atoms with E-state index in [1.807, 2.05) is 0 Å². The zero-order chi connectivity index (χ0) is 12.3. The molecule has 100 valence electrons. The molecule has 2 saturated heterocycles. The predicted molar refractivity (Wildman–Crippen MR) is 74.3 cm³/mol. The van der Waals surface area contributed by atoms with Crippen LogP contribution in [0.4, 0.5) is 0 Å². The topological polar surface area (TPSA) is 6.48 Å². The third-order valence-electron chi connectivity index (χ3n) is 5.02. The molecule has 2 unspecified atom stereocenters. The Morgan fingerprint density at radius 1 is 1.12 bits per heavy atom. The van der Waals surface area contributed by atoms with Gasteiger partial charge in [-0.1, -0.05) is 33.6 Å². The summed E-state index contributed by atoms with van der Waals surface area (Å²) in [5, 5.41) is 0. The van der Waals surface area contributed by atoms with Crippen LogP contribution in [-0.4, -0.2) is 48.1 Å². The largest absolute Gasteiger partial charge is 0.298 e. The van der Waals surface area contributed by atoms with Crippen LogP contribution in [0.3, 0.4) is 0 Å². The summed E-state index contributed by atoms with van der Waals surface area (Å²) < 4.78 is 0. The summed E-state index contributed by atoms with van der Waals surface area (Å²) in [7, 11) is 0. The zero-order valence-corrected chi connectivity index (χ0v) is 12.0. The first-order valence-electron chi connectivity index (χ1n) is 7.76. The van der Waals surface area contributed by atoms with E-state index in [-0.39, 0.29) is 0 Å². The highest BCUT2D eigenvalue weighted by Gasteiger charge is 2.35. The average molecular weight is 238 g/mol. The minimum atomic E-state index is 0.824. The molecule has 0 radical (unpaired) electrons. The van der Waals surface area contributed by atoms with E-state index in [0.29, 0.717) is 0 Å². The van der Waals surface area contributed by atoms with E-state index in [0.717, 1.165) is 18.0 Å². The minimum absolute atomic E-state index is 0.824. The Bertz CT molecular complexity index is 223. The standard InChI is InChI=1S/C15H30N2/c1-4-13(5-2)10-17-12-15-8-7-9-16(15)11-14(17)6-3/h13-15H,4-12H2,1-3H3. The van der Waals surface area contributed by atoms with Crippen LogP contribution in [0, 0.1) is 5.92 Å². The van der Waals surface area contributed by atoms with Crippen LogP contribution in [0.1, 0.15) is 52.9 Å². The third-order valence-corrected chi connectivity index (χ3v) is 5.02. The average Bonchev–Trinajstić information content (AvgIpc) is 2.81. The molecule has 2 atom stereocenters. The van der Waals surface area contributed by atoms with E-state index in [9.17, 15) is 0 Å². The van der Waals surface area contributed by atoms with Gasteiger partial charge in [0.25, 0.3) is 0 Å². The molecule has 0 aromatic carbocycles. The van der Waals surface area contributed by atoms with Crippen LogP contribution in [0.5, 0.6) is 0 Å². The molecule has 2 nitrogen and oxygen atoms in total. The lowest BCUT2D eigenvalue weighted by molar-refractivity contribution is 0.0373. The van der Waals surface area contributed by atoms with E-state index in [4.69, 9.17) is 0 Å². The lowest BCUT2D eigenvalue weighted by Crippen LogP contribution is -2.56. The smallest absolute Gasteiger partial charge is 0.0224 e. The molecule has 0 amide bonds. The fourth-order valence-corrected chi connectivity index (χ4v) is 3.64. The Morgan fingerprint density at radius 2 is 1.88 bits per heavy atom. The zero-order valence-electron chi connectivity index (χ0n) is 12.0. The van der Waals surface area contributed by atoms with Gasteiger partial charge in [0, 0.05) is 31.7 Å². The Morgan fingerprint density at radius 3 is 2.53 bits per heavy atom. The monoisotopic (exact) mass is 238 g/mol. The summed E-state index contributed by atoms with van der Waals surface area (Å²) in [5.41, 5.74) is 0. The summed E-state index contributed by atoms with van der Waals surface area (Å²) in [6.07, 6.45) is 6.88. The molecule has 0 N–H and O–H groups in total. The summed E-state index contributed by atoms with van der Waals surface area (Å²) in [6, 6.07) is 1.71. The fraction of sp³-hybridized carbons (Fsp3) is 1.00. The Kier molecular flexibility index (Phi) is 4.87. The molecule has 2 fully saturated rings. The highest BCUT2D eigenvalue weighted by molar-refractivity contribution is 4.92. The number of piperazine rings is 1. The lowest BCUT2D eigenvalue weighted by atomic mass is 9.98. The van der Waals surface area contributed by atoms with Crippen molar-refractivity contribution in [1.82, 2.24) is 9.80 Å². The first kappa shape index (κ1) is 13.4. The molecule has 2 aliphatic rings. The summed E-state index contributed by atoms with van der Waals surface area (Å²) in [6.45, 7) is 12.4. The SMILES string of the molecule is CCC(CC)CN1CC2CCCN2CC1CC. The summed E-state index contributed by atoms with van der Waals surface area (Å²) >= 11 is 0. The number of nitrogens with zero attached hydrogens (tertiary/aromatic N) is 2. The van der Waals surface area contributed by atoms with Crippen molar-refractivity contribution in [2.75, 3.05) is 26.2 Å². The molecule has 0 bridgehead atoms. The van der Waals surface area contributed by atoms with Gasteiger partial charge in [0.15, 0.2) is 0 Å². The van der Waals surface area contributed by atoms with Crippen molar-refractivity contribution in [3.05, 3.63) is 0 Å². The number of hydrogen-bond donors (Lipinski definition) is 0. The molecule has 0 saturated carbocycles. The Balaban J connectivity index is 1.94. The molecule has 0 aromatic heterocycles. The summed E-state index contributed by atoms with van der Waals surface area (Å²) in [4.78, 5) is 5.56. The fourth-order valence-electron chi connectivity index (χ4n) is 3.64. The molecule has 0 aliphatic carbocycles. The van der Waals surface area contributed by atoms with Crippen molar-refractivity contribution in [1.29, 1.82) is 0 Å². The van der Waals surface area contributed by atoms with Crippen molar-refractivity contribution in [3.63, 3.8) is 0 Å². The van der Waals surface area contributed by atoms with Crippen molar-refractivity contribution in [2.24, 2.45) is 5.92 Å². The van der Waals surface area contributed by atoms with E-state index >= 15 is 0 Å². The maximum Gasteiger partial charge on any atom is 0.0224 e. The maximum absolute atomic E-state index is 2.81. The van der Waals surface area contributed by atoms with E-state index in [1.54, 1.807) is 0 Å². The Hall–Kier alpha value is -0.0800. The van der Waals surface area contributed by atoms with Gasteiger partial charge in [-0.25, -0.2) is 0 Å². The van der Waals surface area contributed by atoms with Gasteiger partial charge in [-0.05, 0) is 31.7 Å². The molecular formula is C15H30N2. The Labute approximate surface area is 107 Å². The van der Waals surface area contributed by atoms with Crippen LogP contribution >= 0.6 is 0 Å². The summed E-state index contributed by atoms with van der Waals surface area (Å²) in [5.74, 6) is 0.914. The highest BCUT2D eigenvalue weighted by Crippen LogP contribution is 2.27. The highest BCUT2D eigenvalue weighted by atomic mass is 15.3. The second-order valence-electron chi connectivity index (χ2n) is 5.99. The number of rotatable bonds is 5. The van der Waals surface area contributed by atoms with Crippen molar-refractivity contribution in [2.45, 2.75) is 65.0 Å². The normalized spacial score (nSPS) is 31.1. The van der Waals surface area contributed by atoms with Gasteiger partial charge >= 0.3 is 0 Å². The van der Waals surface area contributed by atoms with Crippen LogP contribution in [0.15, 0.2) is 0 Å². The number of hydrogen-bond acceptors (Lipinski definition) is 2. The van der Waals surface area contributed by atoms with Gasteiger partial charge in [0.2, 0.25) is 0 Å². The first-order chi connectivity index (χ1) is 8.28. The first-order valence-corrected chi connectivity index (χ1v) is 7.76. The third kappa shape index (κ3) is 3.03. The van der Waals surface area contributed by atoms with Gasteiger partial charge in [0.05, 0.1) is 0 Å². The molecular weight excluding hydrogens is 208 g/mol. The molecule has 2 rings (SSSR count). The quantitative estimate of drug-likeness (QED) is 0.726. The van der Waals surface area contributed by atoms with Crippen molar-refractivity contribution >= 4 is 0 Å². The van der Waals surface area contributed by atoms with Crippen LogP contribution in [0.25, 0.3) is 0 Å². The molecule has 2 aliphatic heterocycles. The van der Waals surface area contributed by atoms with Crippen LogP contribution in [-0.2, 0) is 0 Å². The van der Waals surface area contributed by atoms with E-state index < -0.39 is 0 Å². The molecule has 17 heavy (non-hydrogen) atoms. The second-order valence-corrected chi connectivity index (χ2v) is 5.99. The van der Waals surface area contributed by atoms with Gasteiger partial charge < -0.3 is 0 Å². The van der Waals surface area contributed by atoms with E-state index in [1.165, 1.54) is 58.3 Å². The number of fused-ring (bicyclic) bond motifs is 1. The van der Waals surface area contributed by atoms with Gasteiger partial charge in [-0.15, -0.1) is 0 Å². The predicted octanol–water partition coefficient (Wildman–Crippen LogP) is 2.98. The molecule has 0 spiro atoms. The molecule has 2 heteroatoms. The molecule has 2 heterocycles. The van der Waals surface area contributed by atoms with Gasteiger partial charge in [0.1, 0.15) is 0 Å². The van der Waals surface area contributed by atoms with Crippen molar-refractivity contribution < 1.29 is 0 Å². The maximum atomic E-state index is 2.81. The lowest BCUT2D eigenvalue weighted by Gasteiger charge is -2.44. The van der Waals surface area contributed by atoms with Gasteiger partial charge in [-0.2, -0.15) is 0 Å². The molecule has 0 aromatic rings.